The first-order chi connectivity index (χ1) is 13.9. The number of rotatable bonds is 17. The van der Waals surface area contributed by atoms with Gasteiger partial charge in [0.15, 0.2) is 0 Å². The maximum atomic E-state index is 9.91. The second-order valence-electron chi connectivity index (χ2n) is 6.28. The standard InChI is InChI=1S/C10H21NO3Si.C9H19NO3Si/c1-4-13-15(6-3,14-5-2)9-7-8-11-10-12;1-4-12-14(3,13-5-2)8-6-7-10-9-11/h4-9H2,1-3H3;4-8H2,1-3H3. The van der Waals surface area contributed by atoms with E-state index >= 15 is 0 Å². The highest BCUT2D eigenvalue weighted by atomic mass is 28.4. The van der Waals surface area contributed by atoms with Gasteiger partial charge in [0.25, 0.3) is 0 Å². The van der Waals surface area contributed by atoms with Gasteiger partial charge in [-0.15, -0.1) is 0 Å². The van der Waals surface area contributed by atoms with Gasteiger partial charge in [-0.05, 0) is 65.2 Å². The molecule has 0 aromatic carbocycles. The van der Waals surface area contributed by atoms with E-state index in [4.69, 9.17) is 17.7 Å². The van der Waals surface area contributed by atoms with E-state index in [0.717, 1.165) is 31.0 Å². The van der Waals surface area contributed by atoms with Gasteiger partial charge in [0.05, 0.1) is 13.1 Å². The highest BCUT2D eigenvalue weighted by Crippen LogP contribution is 2.20. The molecule has 0 atom stereocenters. The Morgan fingerprint density at radius 1 is 0.690 bits per heavy atom. The minimum Gasteiger partial charge on any atom is -0.395 e. The van der Waals surface area contributed by atoms with Crippen molar-refractivity contribution in [2.75, 3.05) is 39.5 Å². The number of hydrogen-bond acceptors (Lipinski definition) is 8. The fourth-order valence-electron chi connectivity index (χ4n) is 2.89. The van der Waals surface area contributed by atoms with Crippen LogP contribution in [0.25, 0.3) is 0 Å². The molecule has 29 heavy (non-hydrogen) atoms. The molecule has 10 heteroatoms. The highest BCUT2D eigenvalue weighted by Gasteiger charge is 2.34. The van der Waals surface area contributed by atoms with E-state index in [2.05, 4.69) is 16.9 Å². The van der Waals surface area contributed by atoms with Crippen LogP contribution < -0.4 is 0 Å². The SMILES string of the molecule is CCO[Si](C)(CCCN=C=O)OCC.CCO[Si](CC)(CCCN=C=O)OCC. The van der Waals surface area contributed by atoms with Crippen molar-refractivity contribution in [2.24, 2.45) is 9.98 Å². The Bertz CT molecular complexity index is 471. The predicted octanol–water partition coefficient (Wildman–Crippen LogP) is 4.10. The summed E-state index contributed by atoms with van der Waals surface area (Å²) < 4.78 is 22.8. The van der Waals surface area contributed by atoms with Gasteiger partial charge in [-0.25, -0.2) is 19.6 Å². The molecular weight excluding hydrogens is 408 g/mol. The van der Waals surface area contributed by atoms with E-state index in [-0.39, 0.29) is 0 Å². The minimum atomic E-state index is -2.01. The van der Waals surface area contributed by atoms with Crippen LogP contribution in [0.4, 0.5) is 0 Å². The van der Waals surface area contributed by atoms with Crippen LogP contribution in [0.2, 0.25) is 24.7 Å². The predicted molar refractivity (Wildman–Crippen MR) is 119 cm³/mol. The Labute approximate surface area is 178 Å². The van der Waals surface area contributed by atoms with Gasteiger partial charge >= 0.3 is 17.1 Å². The number of carbonyl (C=O) groups excluding carboxylic acids is 2. The molecule has 0 radical (unpaired) electrons. The summed E-state index contributed by atoms with van der Waals surface area (Å²) in [5.74, 6) is 0. The van der Waals surface area contributed by atoms with Crippen LogP contribution in [0.15, 0.2) is 9.98 Å². The van der Waals surface area contributed by atoms with Crippen LogP contribution in [-0.2, 0) is 27.3 Å². The van der Waals surface area contributed by atoms with Crippen molar-refractivity contribution in [3.63, 3.8) is 0 Å². The summed E-state index contributed by atoms with van der Waals surface area (Å²) in [7, 11) is -4.00. The van der Waals surface area contributed by atoms with Crippen LogP contribution in [0.5, 0.6) is 0 Å². The molecule has 0 amide bonds. The van der Waals surface area contributed by atoms with Gasteiger partial charge < -0.3 is 17.7 Å². The van der Waals surface area contributed by atoms with E-state index in [1.807, 2.05) is 34.2 Å². The Hall–Kier alpha value is -0.966. The van der Waals surface area contributed by atoms with Gasteiger partial charge in [-0.2, -0.15) is 0 Å². The Morgan fingerprint density at radius 2 is 1.10 bits per heavy atom. The van der Waals surface area contributed by atoms with E-state index in [1.165, 1.54) is 6.08 Å². The number of aliphatic imine (C=N–C) groups is 2. The third-order valence-corrected chi connectivity index (χ3v) is 11.0. The van der Waals surface area contributed by atoms with E-state index < -0.39 is 17.1 Å². The molecule has 0 unspecified atom stereocenters. The van der Waals surface area contributed by atoms with Crippen LogP contribution in [0, 0.1) is 0 Å². The minimum absolute atomic E-state index is 0.520. The van der Waals surface area contributed by atoms with Crippen LogP contribution in [0.3, 0.4) is 0 Å². The zero-order chi connectivity index (χ0) is 22.4. The second-order valence-corrected chi connectivity index (χ2v) is 13.2. The highest BCUT2D eigenvalue weighted by molar-refractivity contribution is 6.67. The smallest absolute Gasteiger partial charge is 0.337 e. The van der Waals surface area contributed by atoms with Crippen molar-refractivity contribution < 1.29 is 27.3 Å². The summed E-state index contributed by atoms with van der Waals surface area (Å²) in [4.78, 5) is 26.8. The largest absolute Gasteiger partial charge is 0.395 e. The van der Waals surface area contributed by atoms with Crippen molar-refractivity contribution in [1.29, 1.82) is 0 Å². The maximum Gasteiger partial charge on any atom is 0.337 e. The molecule has 0 aliphatic carbocycles. The molecule has 0 rings (SSSR count). The number of hydrogen-bond donors (Lipinski definition) is 0. The van der Waals surface area contributed by atoms with Crippen molar-refractivity contribution in [3.8, 4) is 0 Å². The van der Waals surface area contributed by atoms with Crippen LogP contribution in [-0.4, -0.2) is 68.8 Å². The first-order valence-corrected chi connectivity index (χ1v) is 15.3. The second kappa shape index (κ2) is 20.3. The molecule has 0 heterocycles. The molecule has 0 bridgehead atoms. The first kappa shape index (κ1) is 30.2. The lowest BCUT2D eigenvalue weighted by Crippen LogP contribution is -2.41. The summed E-state index contributed by atoms with van der Waals surface area (Å²) in [6.07, 6.45) is 4.75. The third-order valence-electron chi connectivity index (χ3n) is 4.11. The topological polar surface area (TPSA) is 95.8 Å². The molecule has 0 saturated heterocycles. The Balaban J connectivity index is 0. The van der Waals surface area contributed by atoms with Gasteiger partial charge in [0.1, 0.15) is 0 Å². The summed E-state index contributed by atoms with van der Waals surface area (Å²) in [5, 5.41) is 0. The summed E-state index contributed by atoms with van der Waals surface area (Å²) in [6, 6.07) is 2.72. The fourth-order valence-corrected chi connectivity index (χ4v) is 8.16. The average molecular weight is 449 g/mol. The van der Waals surface area contributed by atoms with Gasteiger partial charge in [-0.1, -0.05) is 6.92 Å². The molecule has 8 nitrogen and oxygen atoms in total. The molecule has 0 N–H and O–H groups in total. The lowest BCUT2D eigenvalue weighted by molar-refractivity contribution is 0.183. The summed E-state index contributed by atoms with van der Waals surface area (Å²) >= 11 is 0. The van der Waals surface area contributed by atoms with Crippen LogP contribution >= 0.6 is 0 Å². The lowest BCUT2D eigenvalue weighted by Gasteiger charge is -2.28. The van der Waals surface area contributed by atoms with Crippen molar-refractivity contribution in [1.82, 2.24) is 0 Å². The van der Waals surface area contributed by atoms with Crippen molar-refractivity contribution in [3.05, 3.63) is 0 Å². The van der Waals surface area contributed by atoms with E-state index in [1.54, 1.807) is 6.08 Å². The van der Waals surface area contributed by atoms with E-state index in [0.29, 0.717) is 39.5 Å². The molecular formula is C19H40N2O6Si2. The number of nitrogens with zero attached hydrogens (tertiary/aromatic N) is 2. The Kier molecular flexibility index (Phi) is 21.2. The zero-order valence-electron chi connectivity index (χ0n) is 19.1. The van der Waals surface area contributed by atoms with Gasteiger partial charge in [0.2, 0.25) is 12.2 Å². The number of isocyanates is 2. The summed E-state index contributed by atoms with van der Waals surface area (Å²) in [6.45, 7) is 15.8. The quantitative estimate of drug-likeness (QED) is 0.144. The van der Waals surface area contributed by atoms with Gasteiger partial charge in [-0.3, -0.25) is 0 Å². The zero-order valence-corrected chi connectivity index (χ0v) is 21.1. The van der Waals surface area contributed by atoms with Crippen LogP contribution in [0.1, 0.15) is 47.5 Å². The fraction of sp³-hybridized carbons (Fsp3) is 0.895. The third kappa shape index (κ3) is 16.5. The molecule has 0 aromatic heterocycles. The molecule has 0 aliphatic heterocycles. The molecule has 0 aromatic rings. The lowest BCUT2D eigenvalue weighted by atomic mass is 10.5. The molecule has 0 spiro atoms. The van der Waals surface area contributed by atoms with E-state index in [9.17, 15) is 9.59 Å². The molecule has 0 fully saturated rings. The monoisotopic (exact) mass is 448 g/mol. The maximum absolute atomic E-state index is 9.91. The molecule has 0 saturated carbocycles. The van der Waals surface area contributed by atoms with Crippen molar-refractivity contribution >= 4 is 29.3 Å². The normalized spacial score (nSPS) is 11.1. The first-order valence-electron chi connectivity index (χ1n) is 10.6. The molecule has 0 aliphatic rings. The van der Waals surface area contributed by atoms with Crippen molar-refractivity contribution in [2.45, 2.75) is 72.1 Å². The van der Waals surface area contributed by atoms with Gasteiger partial charge in [0, 0.05) is 26.4 Å². The Morgan fingerprint density at radius 3 is 1.45 bits per heavy atom. The molecule has 170 valence electrons. The average Bonchev–Trinajstić information content (AvgIpc) is 2.70. The summed E-state index contributed by atoms with van der Waals surface area (Å²) in [5.41, 5.74) is 0.